The molecule has 4 atom stereocenters. The van der Waals surface area contributed by atoms with Gasteiger partial charge in [0, 0.05) is 12.6 Å². The average molecular weight is 292 g/mol. The van der Waals surface area contributed by atoms with E-state index in [0.717, 1.165) is 43.4 Å². The molecule has 3 fully saturated rings. The fraction of sp³-hybridized carbons (Fsp3) is 0.944. The molecule has 0 aromatic rings. The van der Waals surface area contributed by atoms with Crippen LogP contribution in [0.1, 0.15) is 65.2 Å². The molecule has 0 aliphatic heterocycles. The van der Waals surface area contributed by atoms with E-state index in [2.05, 4.69) is 19.2 Å². The third-order valence-corrected chi connectivity index (χ3v) is 6.90. The van der Waals surface area contributed by atoms with Gasteiger partial charge in [0.05, 0.1) is 5.41 Å². The average Bonchev–Trinajstić information content (AvgIpc) is 3.11. The molecule has 3 aliphatic rings. The van der Waals surface area contributed by atoms with Crippen molar-refractivity contribution in [1.29, 1.82) is 0 Å². The van der Waals surface area contributed by atoms with Crippen LogP contribution in [0.15, 0.2) is 0 Å². The van der Waals surface area contributed by atoms with Crippen molar-refractivity contribution in [2.75, 3.05) is 6.54 Å². The van der Waals surface area contributed by atoms with Crippen LogP contribution < -0.4 is 11.1 Å². The maximum absolute atomic E-state index is 12.8. The first-order chi connectivity index (χ1) is 10.0. The van der Waals surface area contributed by atoms with Crippen molar-refractivity contribution in [2.24, 2.45) is 34.8 Å². The Kier molecular flexibility index (Phi) is 4.31. The zero-order valence-electron chi connectivity index (χ0n) is 13.7. The van der Waals surface area contributed by atoms with Gasteiger partial charge in [-0.25, -0.2) is 0 Å². The van der Waals surface area contributed by atoms with Crippen LogP contribution in [0.4, 0.5) is 0 Å². The minimum absolute atomic E-state index is 0.243. The van der Waals surface area contributed by atoms with E-state index in [4.69, 9.17) is 5.73 Å². The molecule has 3 saturated carbocycles. The van der Waals surface area contributed by atoms with Crippen molar-refractivity contribution in [2.45, 2.75) is 71.3 Å². The second-order valence-electron chi connectivity index (χ2n) is 8.27. The molecule has 1 amide bonds. The van der Waals surface area contributed by atoms with E-state index in [-0.39, 0.29) is 11.3 Å². The van der Waals surface area contributed by atoms with E-state index in [1.807, 2.05) is 0 Å². The monoisotopic (exact) mass is 292 g/mol. The highest BCUT2D eigenvalue weighted by molar-refractivity contribution is 5.83. The first-order valence-electron chi connectivity index (χ1n) is 9.05. The summed E-state index contributed by atoms with van der Waals surface area (Å²) in [6.07, 6.45) is 9.78. The van der Waals surface area contributed by atoms with Crippen molar-refractivity contribution >= 4 is 5.91 Å². The molecule has 4 unspecified atom stereocenters. The van der Waals surface area contributed by atoms with Gasteiger partial charge in [-0.3, -0.25) is 4.79 Å². The van der Waals surface area contributed by atoms with E-state index in [1.54, 1.807) is 0 Å². The van der Waals surface area contributed by atoms with Crippen molar-refractivity contribution in [3.05, 3.63) is 0 Å². The number of fused-ring (bicyclic) bond motifs is 2. The van der Waals surface area contributed by atoms with Crippen molar-refractivity contribution in [1.82, 2.24) is 5.32 Å². The van der Waals surface area contributed by atoms with Gasteiger partial charge in [-0.05, 0) is 75.5 Å². The zero-order valence-corrected chi connectivity index (χ0v) is 13.7. The fourth-order valence-electron chi connectivity index (χ4n) is 5.21. The summed E-state index contributed by atoms with van der Waals surface area (Å²) in [5.74, 6) is 3.52. The van der Waals surface area contributed by atoms with E-state index in [0.29, 0.717) is 18.5 Å². The molecule has 120 valence electrons. The maximum atomic E-state index is 12.8. The van der Waals surface area contributed by atoms with Gasteiger partial charge in [0.2, 0.25) is 5.91 Å². The number of nitrogens with two attached hydrogens (primary N) is 1. The molecule has 0 aromatic heterocycles. The van der Waals surface area contributed by atoms with Crippen LogP contribution in [0.5, 0.6) is 0 Å². The maximum Gasteiger partial charge on any atom is 0.227 e. The highest BCUT2D eigenvalue weighted by Gasteiger charge is 2.44. The minimum Gasteiger partial charge on any atom is -0.353 e. The lowest BCUT2D eigenvalue weighted by Crippen LogP contribution is -2.52. The molecule has 2 bridgehead atoms. The van der Waals surface area contributed by atoms with Crippen LogP contribution in [0.3, 0.4) is 0 Å². The molecule has 0 heterocycles. The number of carbonyl (C=O) groups is 1. The van der Waals surface area contributed by atoms with Crippen LogP contribution >= 0.6 is 0 Å². The van der Waals surface area contributed by atoms with Gasteiger partial charge in [0.15, 0.2) is 0 Å². The molecule has 3 nitrogen and oxygen atoms in total. The molecule has 0 aromatic carbocycles. The molecular weight excluding hydrogens is 260 g/mol. The lowest BCUT2D eigenvalue weighted by atomic mass is 9.70. The molecular formula is C18H32N2O. The summed E-state index contributed by atoms with van der Waals surface area (Å²) in [5.41, 5.74) is 5.73. The largest absolute Gasteiger partial charge is 0.353 e. The lowest BCUT2D eigenvalue weighted by Gasteiger charge is -2.39. The summed E-state index contributed by atoms with van der Waals surface area (Å²) in [4.78, 5) is 12.8. The highest BCUT2D eigenvalue weighted by atomic mass is 16.2. The topological polar surface area (TPSA) is 55.1 Å². The zero-order chi connectivity index (χ0) is 15.0. The van der Waals surface area contributed by atoms with Crippen LogP contribution in [-0.2, 0) is 4.79 Å². The number of nitrogens with one attached hydrogen (secondary N) is 1. The first-order valence-corrected chi connectivity index (χ1v) is 9.05. The Morgan fingerprint density at radius 2 is 1.95 bits per heavy atom. The molecule has 3 rings (SSSR count). The summed E-state index contributed by atoms with van der Waals surface area (Å²) in [7, 11) is 0. The number of hydrogen-bond donors (Lipinski definition) is 2. The van der Waals surface area contributed by atoms with E-state index < -0.39 is 0 Å². The minimum atomic E-state index is -0.279. The van der Waals surface area contributed by atoms with Gasteiger partial charge < -0.3 is 11.1 Å². The number of amides is 1. The Hall–Kier alpha value is -0.570. The molecule has 0 spiro atoms. The summed E-state index contributed by atoms with van der Waals surface area (Å²) in [5, 5.41) is 3.36. The van der Waals surface area contributed by atoms with Gasteiger partial charge >= 0.3 is 0 Å². The normalized spacial score (nSPS) is 43.8. The van der Waals surface area contributed by atoms with Gasteiger partial charge in [-0.2, -0.15) is 0 Å². The predicted octanol–water partition coefficient (Wildman–Crippen LogP) is 3.08. The van der Waals surface area contributed by atoms with Crippen molar-refractivity contribution in [3.63, 3.8) is 0 Å². The quantitative estimate of drug-likeness (QED) is 0.836. The van der Waals surface area contributed by atoms with Crippen LogP contribution in [-0.4, -0.2) is 18.5 Å². The predicted molar refractivity (Wildman–Crippen MR) is 85.7 cm³/mol. The van der Waals surface area contributed by atoms with Gasteiger partial charge in [0.1, 0.15) is 0 Å². The van der Waals surface area contributed by atoms with Gasteiger partial charge in [0.25, 0.3) is 0 Å². The lowest BCUT2D eigenvalue weighted by molar-refractivity contribution is -0.134. The Morgan fingerprint density at radius 1 is 1.24 bits per heavy atom. The second kappa shape index (κ2) is 5.91. The van der Waals surface area contributed by atoms with Crippen molar-refractivity contribution in [3.8, 4) is 0 Å². The molecule has 0 saturated heterocycles. The molecule has 3 aliphatic carbocycles. The highest BCUT2D eigenvalue weighted by Crippen LogP contribution is 2.49. The third kappa shape index (κ3) is 2.86. The molecule has 21 heavy (non-hydrogen) atoms. The second-order valence-corrected chi connectivity index (χ2v) is 8.27. The number of hydrogen-bond acceptors (Lipinski definition) is 2. The van der Waals surface area contributed by atoms with Crippen LogP contribution in [0, 0.1) is 29.1 Å². The Bertz CT molecular complexity index is 387. The number of carbonyl (C=O) groups excluding carboxylic acids is 1. The smallest absolute Gasteiger partial charge is 0.227 e. The Morgan fingerprint density at radius 3 is 2.48 bits per heavy atom. The summed E-state index contributed by atoms with van der Waals surface area (Å²) >= 11 is 0. The molecule has 3 N–H and O–H groups in total. The Labute approximate surface area is 129 Å². The molecule has 3 heteroatoms. The first kappa shape index (κ1) is 15.3. The summed E-state index contributed by atoms with van der Waals surface area (Å²) in [6.45, 7) is 5.02. The van der Waals surface area contributed by atoms with Crippen LogP contribution in [0.25, 0.3) is 0 Å². The fourth-order valence-corrected chi connectivity index (χ4v) is 5.21. The van der Waals surface area contributed by atoms with Crippen molar-refractivity contribution < 1.29 is 4.79 Å². The van der Waals surface area contributed by atoms with Gasteiger partial charge in [-0.15, -0.1) is 0 Å². The SMILES string of the molecule is CC1CCC(CN)(C(=O)NC(C)C2CC3CCC2C3)CC1. The third-order valence-electron chi connectivity index (χ3n) is 6.90. The van der Waals surface area contributed by atoms with E-state index >= 15 is 0 Å². The number of rotatable bonds is 4. The summed E-state index contributed by atoms with van der Waals surface area (Å²) in [6, 6.07) is 0.329. The molecule has 0 radical (unpaired) electrons. The standard InChI is InChI=1S/C18H32N2O/c1-12-5-7-18(11-19,8-6-12)17(21)20-13(2)16-10-14-3-4-15(16)9-14/h12-16H,3-11,19H2,1-2H3,(H,20,21). The van der Waals surface area contributed by atoms with E-state index in [1.165, 1.54) is 25.7 Å². The Balaban J connectivity index is 1.59. The van der Waals surface area contributed by atoms with Gasteiger partial charge in [-0.1, -0.05) is 13.3 Å². The summed E-state index contributed by atoms with van der Waals surface area (Å²) < 4.78 is 0. The van der Waals surface area contributed by atoms with Crippen LogP contribution in [0.2, 0.25) is 0 Å². The van der Waals surface area contributed by atoms with E-state index in [9.17, 15) is 4.79 Å².